The Balaban J connectivity index is 3.02. The van der Waals surface area contributed by atoms with Crippen molar-refractivity contribution in [3.63, 3.8) is 0 Å². The first-order valence-corrected chi connectivity index (χ1v) is 11.8. The molecule has 30 heavy (non-hydrogen) atoms. The lowest BCUT2D eigenvalue weighted by atomic mass is 9.96. The van der Waals surface area contributed by atoms with Crippen LogP contribution in [-0.4, -0.2) is 44.0 Å². The fraction of sp³-hybridized carbons (Fsp3) is 0.750. The Bertz CT molecular complexity index is 1130. The van der Waals surface area contributed by atoms with Crippen LogP contribution in [0, 0.1) is 0 Å². The number of aliphatic hydroxyl groups is 1. The van der Waals surface area contributed by atoms with Crippen LogP contribution in [0.5, 0.6) is 0 Å². The molecule has 170 valence electrons. The van der Waals surface area contributed by atoms with Gasteiger partial charge in [-0.2, -0.15) is 0 Å². The summed E-state index contributed by atoms with van der Waals surface area (Å²) in [5.74, 6) is 0.492. The summed E-state index contributed by atoms with van der Waals surface area (Å²) in [5, 5.41) is 8.10. The van der Waals surface area contributed by atoms with Crippen LogP contribution in [-0.2, 0) is 21.8 Å². The number of nitrogens with zero attached hydrogens (tertiary/aromatic N) is 3. The second kappa shape index (κ2) is 8.30. The van der Waals surface area contributed by atoms with E-state index in [1.54, 1.807) is 20.8 Å². The summed E-state index contributed by atoms with van der Waals surface area (Å²) in [6.07, 6.45) is 0.763. The van der Waals surface area contributed by atoms with Crippen LogP contribution in [0.1, 0.15) is 78.9 Å². The molecule has 0 fully saturated rings. The molecular formula is C20H34N4O5S. The van der Waals surface area contributed by atoms with Gasteiger partial charge in [-0.15, -0.1) is 0 Å². The molecular weight excluding hydrogens is 408 g/mol. The first kappa shape index (κ1) is 24.3. The summed E-state index contributed by atoms with van der Waals surface area (Å²) in [5.41, 5.74) is -1.49. The summed E-state index contributed by atoms with van der Waals surface area (Å²) in [6, 6.07) is 0. The SMILES string of the molecule is CCCn1c(=O)c2[nH]c(C(C)(C)C)nc2n(C(CCCO)S(=O)(=O)C(C)(C)C)c1=O. The largest absolute Gasteiger partial charge is 0.396 e. The number of nitrogens with one attached hydrogen (secondary N) is 1. The van der Waals surface area contributed by atoms with Gasteiger partial charge in [0.1, 0.15) is 16.7 Å². The smallest absolute Gasteiger partial charge is 0.333 e. The molecule has 2 aromatic rings. The van der Waals surface area contributed by atoms with E-state index in [0.29, 0.717) is 12.2 Å². The maximum Gasteiger partial charge on any atom is 0.333 e. The van der Waals surface area contributed by atoms with E-state index < -0.39 is 36.6 Å². The number of hydrogen-bond acceptors (Lipinski definition) is 6. The lowest BCUT2D eigenvalue weighted by molar-refractivity contribution is 0.278. The minimum Gasteiger partial charge on any atom is -0.396 e. The number of aliphatic hydroxyl groups excluding tert-OH is 1. The number of H-pyrrole nitrogens is 1. The molecule has 0 aliphatic carbocycles. The Morgan fingerprint density at radius 3 is 2.20 bits per heavy atom. The topological polar surface area (TPSA) is 127 Å². The number of hydrogen-bond donors (Lipinski definition) is 2. The second-order valence-electron chi connectivity index (χ2n) is 9.62. The Labute approximate surface area is 177 Å². The van der Waals surface area contributed by atoms with Crippen LogP contribution in [0.25, 0.3) is 11.2 Å². The Morgan fingerprint density at radius 2 is 1.73 bits per heavy atom. The van der Waals surface area contributed by atoms with Crippen LogP contribution in [0.15, 0.2) is 9.59 Å². The van der Waals surface area contributed by atoms with Crippen molar-refractivity contribution in [3.8, 4) is 0 Å². The van der Waals surface area contributed by atoms with Crippen molar-refractivity contribution in [2.24, 2.45) is 0 Å². The van der Waals surface area contributed by atoms with E-state index in [-0.39, 0.29) is 37.2 Å². The lowest BCUT2D eigenvalue weighted by Gasteiger charge is -2.28. The number of imidazole rings is 1. The van der Waals surface area contributed by atoms with Gasteiger partial charge in [-0.1, -0.05) is 27.7 Å². The first-order chi connectivity index (χ1) is 13.7. The van der Waals surface area contributed by atoms with E-state index in [1.165, 1.54) is 0 Å². The van der Waals surface area contributed by atoms with Gasteiger partial charge in [0.25, 0.3) is 5.56 Å². The van der Waals surface area contributed by atoms with Gasteiger partial charge in [0.15, 0.2) is 15.5 Å². The number of sulfone groups is 1. The molecule has 2 aromatic heterocycles. The van der Waals surface area contributed by atoms with E-state index >= 15 is 0 Å². The summed E-state index contributed by atoms with van der Waals surface area (Å²) in [6.45, 7) is 12.2. The van der Waals surface area contributed by atoms with Gasteiger partial charge in [0, 0.05) is 18.6 Å². The Hall–Kier alpha value is -1.94. The molecule has 1 atom stereocenters. The van der Waals surface area contributed by atoms with Gasteiger partial charge in [0.2, 0.25) is 0 Å². The maximum absolute atomic E-state index is 13.4. The molecule has 9 nitrogen and oxygen atoms in total. The van der Waals surface area contributed by atoms with Crippen molar-refractivity contribution in [3.05, 3.63) is 26.7 Å². The molecule has 10 heteroatoms. The van der Waals surface area contributed by atoms with Gasteiger partial charge in [-0.05, 0) is 40.0 Å². The minimum atomic E-state index is -3.87. The molecule has 2 N–H and O–H groups in total. The van der Waals surface area contributed by atoms with Crippen molar-refractivity contribution in [1.82, 2.24) is 19.1 Å². The fourth-order valence-electron chi connectivity index (χ4n) is 3.26. The highest BCUT2D eigenvalue weighted by atomic mass is 32.2. The fourth-order valence-corrected chi connectivity index (χ4v) is 5.02. The van der Waals surface area contributed by atoms with E-state index in [4.69, 9.17) is 0 Å². The molecule has 0 saturated carbocycles. The quantitative estimate of drug-likeness (QED) is 0.676. The zero-order valence-corrected chi connectivity index (χ0v) is 19.8. The Morgan fingerprint density at radius 1 is 1.13 bits per heavy atom. The number of fused-ring (bicyclic) bond motifs is 1. The molecule has 2 heterocycles. The number of aromatic amines is 1. The van der Waals surface area contributed by atoms with Crippen LogP contribution >= 0.6 is 0 Å². The maximum atomic E-state index is 13.4. The van der Waals surface area contributed by atoms with E-state index in [1.807, 2.05) is 27.7 Å². The summed E-state index contributed by atoms with van der Waals surface area (Å²) in [4.78, 5) is 33.9. The van der Waals surface area contributed by atoms with Crippen LogP contribution in [0.2, 0.25) is 0 Å². The summed E-state index contributed by atoms with van der Waals surface area (Å²) >= 11 is 0. The predicted octanol–water partition coefficient (Wildman–Crippen LogP) is 2.08. The highest BCUT2D eigenvalue weighted by Gasteiger charge is 2.40. The van der Waals surface area contributed by atoms with Gasteiger partial charge in [0.05, 0.1) is 4.75 Å². The van der Waals surface area contributed by atoms with Crippen molar-refractivity contribution in [2.45, 2.75) is 89.8 Å². The van der Waals surface area contributed by atoms with Crippen LogP contribution in [0.4, 0.5) is 0 Å². The highest BCUT2D eigenvalue weighted by Crippen LogP contribution is 2.32. The van der Waals surface area contributed by atoms with E-state index in [0.717, 1.165) is 9.13 Å². The third-order valence-electron chi connectivity index (χ3n) is 5.08. The number of aromatic nitrogens is 4. The Kier molecular flexibility index (Phi) is 6.73. The predicted molar refractivity (Wildman–Crippen MR) is 118 cm³/mol. The van der Waals surface area contributed by atoms with Crippen molar-refractivity contribution >= 4 is 21.0 Å². The molecule has 0 amide bonds. The second-order valence-corrected chi connectivity index (χ2v) is 12.5. The first-order valence-electron chi connectivity index (χ1n) is 10.3. The molecule has 0 bridgehead atoms. The number of rotatable bonds is 7. The monoisotopic (exact) mass is 442 g/mol. The minimum absolute atomic E-state index is 0.0349. The molecule has 0 aromatic carbocycles. The van der Waals surface area contributed by atoms with E-state index in [2.05, 4.69) is 9.97 Å². The van der Waals surface area contributed by atoms with E-state index in [9.17, 15) is 23.1 Å². The van der Waals surface area contributed by atoms with Gasteiger partial charge < -0.3 is 10.1 Å². The van der Waals surface area contributed by atoms with Gasteiger partial charge in [-0.25, -0.2) is 18.2 Å². The third kappa shape index (κ3) is 4.25. The van der Waals surface area contributed by atoms with Crippen LogP contribution < -0.4 is 11.2 Å². The molecule has 0 saturated heterocycles. The molecule has 2 rings (SSSR count). The average molecular weight is 443 g/mol. The highest BCUT2D eigenvalue weighted by molar-refractivity contribution is 7.92. The van der Waals surface area contributed by atoms with Crippen molar-refractivity contribution in [2.75, 3.05) is 6.61 Å². The van der Waals surface area contributed by atoms with Gasteiger partial charge >= 0.3 is 5.69 Å². The summed E-state index contributed by atoms with van der Waals surface area (Å²) in [7, 11) is -3.87. The molecule has 0 spiro atoms. The van der Waals surface area contributed by atoms with Crippen molar-refractivity contribution in [1.29, 1.82) is 0 Å². The third-order valence-corrected chi connectivity index (χ3v) is 7.95. The molecule has 1 unspecified atom stereocenters. The standard InChI is InChI=1S/C20H34N4O5S/c1-8-11-23-16(26)14-15(22-17(21-14)19(2,3)4)24(18(23)27)13(10-9-12-25)30(28,29)20(5,6)7/h13,25H,8-12H2,1-7H3,(H,21,22). The van der Waals surface area contributed by atoms with Crippen molar-refractivity contribution < 1.29 is 13.5 Å². The van der Waals surface area contributed by atoms with Crippen LogP contribution in [0.3, 0.4) is 0 Å². The normalized spacial score (nSPS) is 14.4. The zero-order valence-electron chi connectivity index (χ0n) is 18.9. The summed E-state index contributed by atoms with van der Waals surface area (Å²) < 4.78 is 27.9. The lowest BCUT2D eigenvalue weighted by Crippen LogP contribution is -2.45. The molecule has 0 aliphatic rings. The zero-order chi connectivity index (χ0) is 23.1. The molecule has 0 radical (unpaired) electrons. The molecule has 0 aliphatic heterocycles. The van der Waals surface area contributed by atoms with Gasteiger partial charge in [-0.3, -0.25) is 13.9 Å². The average Bonchev–Trinajstić information content (AvgIpc) is 3.06.